The Morgan fingerprint density at radius 1 is 1.00 bits per heavy atom. The van der Waals surface area contributed by atoms with Gasteiger partial charge in [-0.1, -0.05) is 58.3 Å². The highest BCUT2D eigenvalue weighted by atomic mass is 16.6. The number of hydrogen-bond donors (Lipinski definition) is 5. The van der Waals surface area contributed by atoms with E-state index in [9.17, 15) is 20.1 Å². The van der Waals surface area contributed by atoms with E-state index < -0.39 is 24.4 Å². The average molecular weight is 409 g/mol. The Kier molecular flexibility index (Phi) is 17.8. The molecule has 0 spiro atoms. The van der Waals surface area contributed by atoms with Crippen molar-refractivity contribution in [2.24, 2.45) is 0 Å². The largest absolute Gasteiger partial charge is 0.463 e. The Bertz CT molecular complexity index is 364. The van der Waals surface area contributed by atoms with Crippen molar-refractivity contribution < 1.29 is 39.8 Å². The highest BCUT2D eigenvalue weighted by molar-refractivity contribution is 5.69. The van der Waals surface area contributed by atoms with Gasteiger partial charge in [-0.2, -0.15) is 0 Å². The molecule has 4 atom stereocenters. The maximum absolute atomic E-state index is 11.6. The van der Waals surface area contributed by atoms with Crippen LogP contribution in [0.5, 0.6) is 0 Å². The Hall–Kier alpha value is -0.770. The van der Waals surface area contributed by atoms with Crippen molar-refractivity contribution in [1.82, 2.24) is 0 Å². The van der Waals surface area contributed by atoms with Gasteiger partial charge in [0.1, 0.15) is 31.0 Å². The van der Waals surface area contributed by atoms with Crippen LogP contribution in [0, 0.1) is 0 Å². The van der Waals surface area contributed by atoms with Crippen molar-refractivity contribution in [3.8, 4) is 0 Å². The molecule has 0 radical (unpaired) electrons. The predicted molar refractivity (Wildman–Crippen MR) is 105 cm³/mol. The molecule has 1 fully saturated rings. The van der Waals surface area contributed by atoms with E-state index in [1.165, 1.54) is 38.5 Å². The summed E-state index contributed by atoms with van der Waals surface area (Å²) < 4.78 is 10.1. The van der Waals surface area contributed by atoms with Gasteiger partial charge in [0.15, 0.2) is 0 Å². The van der Waals surface area contributed by atoms with Crippen LogP contribution in [0.3, 0.4) is 0 Å². The number of rotatable bonds is 14. The van der Waals surface area contributed by atoms with E-state index in [-0.39, 0.29) is 32.4 Å². The topological polar surface area (TPSA) is 137 Å². The van der Waals surface area contributed by atoms with E-state index in [0.717, 1.165) is 19.3 Å². The number of aliphatic hydroxyl groups excluding tert-OH is 5. The standard InChI is InChI=1S/C18H34O6.C2H6O2/c1-2-3-4-5-6-7-8-9-10-11-16(21)23-13-15(20)18-17(22)14(19)12-24-18;3-1-2-4/h14-15,17-20,22H,2-13H2,1H3;3-4H,1-2H2/t14-,15+,17+,18+;/m0./s1. The summed E-state index contributed by atoms with van der Waals surface area (Å²) in [4.78, 5) is 11.6. The van der Waals surface area contributed by atoms with E-state index in [4.69, 9.17) is 19.7 Å². The van der Waals surface area contributed by atoms with Gasteiger partial charge in [-0.05, 0) is 6.42 Å². The molecule has 168 valence electrons. The fourth-order valence-corrected chi connectivity index (χ4v) is 2.89. The molecule has 1 aliphatic rings. The van der Waals surface area contributed by atoms with Crippen LogP contribution in [0.15, 0.2) is 0 Å². The average Bonchev–Trinajstić information content (AvgIpc) is 3.03. The Balaban J connectivity index is 0.00000165. The summed E-state index contributed by atoms with van der Waals surface area (Å²) in [7, 11) is 0. The third-order valence-corrected chi connectivity index (χ3v) is 4.57. The first-order valence-electron chi connectivity index (χ1n) is 10.5. The summed E-state index contributed by atoms with van der Waals surface area (Å²) >= 11 is 0. The number of ether oxygens (including phenoxy) is 2. The molecule has 0 aliphatic carbocycles. The monoisotopic (exact) mass is 408 g/mol. The van der Waals surface area contributed by atoms with Crippen molar-refractivity contribution in [3.63, 3.8) is 0 Å². The second kappa shape index (κ2) is 18.3. The number of aliphatic hydroxyl groups is 5. The number of carbonyl (C=O) groups is 1. The van der Waals surface area contributed by atoms with Gasteiger partial charge in [0.2, 0.25) is 0 Å². The van der Waals surface area contributed by atoms with Gasteiger partial charge < -0.3 is 35.0 Å². The molecule has 0 aromatic carbocycles. The van der Waals surface area contributed by atoms with Crippen LogP contribution in [0.2, 0.25) is 0 Å². The lowest BCUT2D eigenvalue weighted by Gasteiger charge is -2.20. The van der Waals surface area contributed by atoms with Crippen LogP contribution in [-0.2, 0) is 14.3 Å². The van der Waals surface area contributed by atoms with Gasteiger partial charge in [-0.3, -0.25) is 4.79 Å². The van der Waals surface area contributed by atoms with Crippen LogP contribution in [0.1, 0.15) is 71.1 Å². The third kappa shape index (κ3) is 13.4. The van der Waals surface area contributed by atoms with Crippen molar-refractivity contribution in [3.05, 3.63) is 0 Å². The van der Waals surface area contributed by atoms with Crippen molar-refractivity contribution in [1.29, 1.82) is 0 Å². The van der Waals surface area contributed by atoms with Gasteiger partial charge in [0.05, 0.1) is 19.8 Å². The second-order valence-corrected chi connectivity index (χ2v) is 7.13. The van der Waals surface area contributed by atoms with E-state index in [2.05, 4.69) is 6.92 Å². The maximum atomic E-state index is 11.6. The zero-order valence-corrected chi connectivity index (χ0v) is 17.2. The molecule has 0 bridgehead atoms. The minimum atomic E-state index is -1.14. The van der Waals surface area contributed by atoms with E-state index in [1.54, 1.807) is 0 Å². The van der Waals surface area contributed by atoms with Crippen LogP contribution in [0.4, 0.5) is 0 Å². The molecule has 0 amide bonds. The van der Waals surface area contributed by atoms with E-state index in [1.807, 2.05) is 0 Å². The zero-order valence-electron chi connectivity index (χ0n) is 17.2. The summed E-state index contributed by atoms with van der Waals surface area (Å²) in [5, 5.41) is 44.1. The minimum Gasteiger partial charge on any atom is -0.463 e. The van der Waals surface area contributed by atoms with Crippen LogP contribution in [0.25, 0.3) is 0 Å². The number of esters is 1. The lowest BCUT2D eigenvalue weighted by Crippen LogP contribution is -2.41. The summed E-state index contributed by atoms with van der Waals surface area (Å²) in [6.07, 6.45) is 6.84. The minimum absolute atomic E-state index is 0.0186. The molecule has 5 N–H and O–H groups in total. The third-order valence-electron chi connectivity index (χ3n) is 4.57. The molecular formula is C20H40O8. The lowest BCUT2D eigenvalue weighted by atomic mass is 10.1. The van der Waals surface area contributed by atoms with E-state index >= 15 is 0 Å². The molecular weight excluding hydrogens is 368 g/mol. The normalized spacial score (nSPS) is 22.4. The van der Waals surface area contributed by atoms with Gasteiger partial charge >= 0.3 is 5.97 Å². The van der Waals surface area contributed by atoms with Crippen LogP contribution in [-0.4, -0.2) is 82.3 Å². The molecule has 1 aliphatic heterocycles. The molecule has 0 saturated carbocycles. The quantitative estimate of drug-likeness (QED) is 0.211. The molecule has 0 unspecified atom stereocenters. The molecule has 8 heteroatoms. The van der Waals surface area contributed by atoms with Gasteiger partial charge in [0.25, 0.3) is 0 Å². The summed E-state index contributed by atoms with van der Waals surface area (Å²) in [5.74, 6) is -0.343. The van der Waals surface area contributed by atoms with Crippen molar-refractivity contribution >= 4 is 5.97 Å². The maximum Gasteiger partial charge on any atom is 0.305 e. The van der Waals surface area contributed by atoms with Crippen molar-refractivity contribution in [2.45, 2.75) is 95.5 Å². The van der Waals surface area contributed by atoms with Crippen molar-refractivity contribution in [2.75, 3.05) is 26.4 Å². The van der Waals surface area contributed by atoms with Crippen LogP contribution >= 0.6 is 0 Å². The smallest absolute Gasteiger partial charge is 0.305 e. The second-order valence-electron chi connectivity index (χ2n) is 7.13. The molecule has 1 saturated heterocycles. The lowest BCUT2D eigenvalue weighted by molar-refractivity contribution is -0.151. The van der Waals surface area contributed by atoms with Gasteiger partial charge in [-0.25, -0.2) is 0 Å². The Morgan fingerprint density at radius 3 is 2.00 bits per heavy atom. The highest BCUT2D eigenvalue weighted by Gasteiger charge is 2.39. The molecule has 28 heavy (non-hydrogen) atoms. The molecule has 0 aromatic heterocycles. The predicted octanol–water partition coefficient (Wildman–Crippen LogP) is 0.903. The fraction of sp³-hybridized carbons (Fsp3) is 0.950. The first-order valence-corrected chi connectivity index (χ1v) is 10.5. The Morgan fingerprint density at radius 2 is 1.54 bits per heavy atom. The van der Waals surface area contributed by atoms with Gasteiger partial charge in [0, 0.05) is 6.42 Å². The summed E-state index contributed by atoms with van der Waals surface area (Å²) in [6.45, 7) is 1.73. The molecule has 1 heterocycles. The fourth-order valence-electron chi connectivity index (χ4n) is 2.89. The molecule has 0 aromatic rings. The Labute approximate surface area is 168 Å². The van der Waals surface area contributed by atoms with Crippen LogP contribution < -0.4 is 0 Å². The first-order chi connectivity index (χ1) is 13.5. The highest BCUT2D eigenvalue weighted by Crippen LogP contribution is 2.18. The number of unbranched alkanes of at least 4 members (excludes halogenated alkanes) is 8. The van der Waals surface area contributed by atoms with Gasteiger partial charge in [-0.15, -0.1) is 0 Å². The van der Waals surface area contributed by atoms with E-state index in [0.29, 0.717) is 6.42 Å². The number of carbonyl (C=O) groups excluding carboxylic acids is 1. The molecule has 8 nitrogen and oxygen atoms in total. The summed E-state index contributed by atoms with van der Waals surface area (Å²) in [6, 6.07) is 0. The summed E-state index contributed by atoms with van der Waals surface area (Å²) in [5.41, 5.74) is 0. The molecule has 1 rings (SSSR count). The first kappa shape index (κ1) is 27.2. The number of hydrogen-bond acceptors (Lipinski definition) is 8. The zero-order chi connectivity index (χ0) is 21.2. The SMILES string of the molecule is CCCCCCCCCCCC(=O)OC[C@@H](O)[C@H]1OC[C@H](O)[C@H]1O.OCCO.